The molecule has 3 aromatic rings. The molecular weight excluding hydrogens is 395 g/mol. The number of hydrogen-bond acceptors (Lipinski definition) is 3. The Balaban J connectivity index is 1.41. The minimum atomic E-state index is -0.369. The SMILES string of the molecule is Cc1ccc(CN2CCc3c(OCC(=O)Nc4ccc(F)cc4)cccc3C2=O)cc1. The molecule has 0 saturated heterocycles. The highest BCUT2D eigenvalue weighted by atomic mass is 19.1. The summed E-state index contributed by atoms with van der Waals surface area (Å²) in [7, 11) is 0. The predicted octanol–water partition coefficient (Wildman–Crippen LogP) is 4.35. The molecule has 3 aromatic carbocycles. The van der Waals surface area contributed by atoms with Gasteiger partial charge < -0.3 is 15.0 Å². The van der Waals surface area contributed by atoms with Gasteiger partial charge in [-0.25, -0.2) is 4.39 Å². The summed E-state index contributed by atoms with van der Waals surface area (Å²) in [6, 6.07) is 19.0. The summed E-state index contributed by atoms with van der Waals surface area (Å²) in [6.45, 7) is 2.98. The molecule has 0 spiro atoms. The van der Waals surface area contributed by atoms with Crippen molar-refractivity contribution in [1.29, 1.82) is 0 Å². The van der Waals surface area contributed by atoms with E-state index in [0.717, 1.165) is 11.1 Å². The Morgan fingerprint density at radius 1 is 1.06 bits per heavy atom. The molecule has 5 nitrogen and oxygen atoms in total. The fourth-order valence-corrected chi connectivity index (χ4v) is 3.62. The van der Waals surface area contributed by atoms with Crippen molar-refractivity contribution in [3.63, 3.8) is 0 Å². The van der Waals surface area contributed by atoms with E-state index in [1.807, 2.05) is 36.1 Å². The quantitative estimate of drug-likeness (QED) is 0.648. The zero-order valence-corrected chi connectivity index (χ0v) is 17.2. The van der Waals surface area contributed by atoms with Crippen molar-refractivity contribution in [1.82, 2.24) is 4.90 Å². The van der Waals surface area contributed by atoms with Crippen molar-refractivity contribution in [3.8, 4) is 5.75 Å². The van der Waals surface area contributed by atoms with E-state index in [-0.39, 0.29) is 24.2 Å². The second kappa shape index (κ2) is 9.00. The standard InChI is InChI=1S/C25H23FN2O3/c1-17-5-7-18(8-6-17)15-28-14-13-21-22(25(28)30)3-2-4-23(21)31-16-24(29)27-20-11-9-19(26)10-12-20/h2-12H,13-16H2,1H3,(H,27,29). The Morgan fingerprint density at radius 2 is 1.81 bits per heavy atom. The molecule has 1 N–H and O–H groups in total. The number of nitrogens with one attached hydrogen (secondary N) is 1. The molecule has 0 aliphatic carbocycles. The molecule has 0 saturated carbocycles. The van der Waals surface area contributed by atoms with Gasteiger partial charge in [0.05, 0.1) is 0 Å². The number of anilines is 1. The molecule has 1 aliphatic heterocycles. The van der Waals surface area contributed by atoms with Crippen LogP contribution >= 0.6 is 0 Å². The van der Waals surface area contributed by atoms with Gasteiger partial charge in [0.2, 0.25) is 0 Å². The number of fused-ring (bicyclic) bond motifs is 1. The number of ether oxygens (including phenoxy) is 1. The molecular formula is C25H23FN2O3. The molecule has 0 radical (unpaired) electrons. The number of nitrogens with zero attached hydrogens (tertiary/aromatic N) is 1. The lowest BCUT2D eigenvalue weighted by molar-refractivity contribution is -0.118. The molecule has 0 bridgehead atoms. The first kappa shape index (κ1) is 20.6. The highest BCUT2D eigenvalue weighted by Gasteiger charge is 2.26. The Bertz CT molecular complexity index is 1090. The molecule has 31 heavy (non-hydrogen) atoms. The van der Waals surface area contributed by atoms with E-state index in [2.05, 4.69) is 5.32 Å². The number of carbonyl (C=O) groups is 2. The fraction of sp³-hybridized carbons (Fsp3) is 0.200. The highest BCUT2D eigenvalue weighted by Crippen LogP contribution is 2.29. The average Bonchev–Trinajstić information content (AvgIpc) is 2.77. The molecule has 0 fully saturated rings. The molecule has 6 heteroatoms. The number of rotatable bonds is 6. The third-order valence-corrected chi connectivity index (χ3v) is 5.26. The van der Waals surface area contributed by atoms with Crippen molar-refractivity contribution >= 4 is 17.5 Å². The second-order valence-corrected chi connectivity index (χ2v) is 7.59. The molecule has 1 aliphatic rings. The van der Waals surface area contributed by atoms with Crippen LogP contribution in [0.3, 0.4) is 0 Å². The minimum absolute atomic E-state index is 0.0389. The number of halogens is 1. The summed E-state index contributed by atoms with van der Waals surface area (Å²) < 4.78 is 18.7. The first-order valence-electron chi connectivity index (χ1n) is 10.1. The number of carbonyl (C=O) groups excluding carboxylic acids is 2. The van der Waals surface area contributed by atoms with Gasteiger partial charge in [-0.05, 0) is 55.3 Å². The van der Waals surface area contributed by atoms with E-state index < -0.39 is 0 Å². The molecule has 1 heterocycles. The van der Waals surface area contributed by atoms with Gasteiger partial charge in [0.25, 0.3) is 11.8 Å². The van der Waals surface area contributed by atoms with E-state index in [1.54, 1.807) is 18.2 Å². The lowest BCUT2D eigenvalue weighted by atomic mass is 9.97. The lowest BCUT2D eigenvalue weighted by Crippen LogP contribution is -2.37. The summed E-state index contributed by atoms with van der Waals surface area (Å²) in [5, 5.41) is 2.66. The molecule has 0 unspecified atom stereocenters. The van der Waals surface area contributed by atoms with E-state index >= 15 is 0 Å². The maximum absolute atomic E-state index is 13.0. The van der Waals surface area contributed by atoms with Crippen LogP contribution in [-0.4, -0.2) is 29.9 Å². The Morgan fingerprint density at radius 3 is 2.55 bits per heavy atom. The first-order valence-corrected chi connectivity index (χ1v) is 10.1. The summed E-state index contributed by atoms with van der Waals surface area (Å²) >= 11 is 0. The van der Waals surface area contributed by atoms with Crippen LogP contribution in [0.25, 0.3) is 0 Å². The molecule has 4 rings (SSSR count). The van der Waals surface area contributed by atoms with Crippen LogP contribution in [0.4, 0.5) is 10.1 Å². The van der Waals surface area contributed by atoms with Crippen LogP contribution < -0.4 is 10.1 Å². The monoisotopic (exact) mass is 418 g/mol. The maximum atomic E-state index is 13.0. The minimum Gasteiger partial charge on any atom is -0.483 e. The summed E-state index contributed by atoms with van der Waals surface area (Å²) in [4.78, 5) is 27.0. The average molecular weight is 418 g/mol. The number of benzene rings is 3. The first-order chi connectivity index (χ1) is 15.0. The summed E-state index contributed by atoms with van der Waals surface area (Å²) in [6.07, 6.45) is 0.655. The van der Waals surface area contributed by atoms with E-state index in [1.165, 1.54) is 29.8 Å². The summed E-state index contributed by atoms with van der Waals surface area (Å²) in [5.41, 5.74) is 4.20. The zero-order valence-electron chi connectivity index (χ0n) is 17.2. The van der Waals surface area contributed by atoms with Gasteiger partial charge in [-0.2, -0.15) is 0 Å². The van der Waals surface area contributed by atoms with Crippen LogP contribution in [0.15, 0.2) is 66.7 Å². The van der Waals surface area contributed by atoms with Crippen LogP contribution in [0.2, 0.25) is 0 Å². The zero-order chi connectivity index (χ0) is 21.8. The Labute approximate surface area is 180 Å². The van der Waals surface area contributed by atoms with Gasteiger partial charge in [0, 0.05) is 29.9 Å². The fourth-order valence-electron chi connectivity index (χ4n) is 3.62. The molecule has 0 aromatic heterocycles. The summed E-state index contributed by atoms with van der Waals surface area (Å²) in [5.74, 6) is -0.225. The van der Waals surface area contributed by atoms with Crippen LogP contribution in [0.5, 0.6) is 5.75 Å². The van der Waals surface area contributed by atoms with Gasteiger partial charge in [-0.3, -0.25) is 9.59 Å². The van der Waals surface area contributed by atoms with E-state index in [9.17, 15) is 14.0 Å². The highest BCUT2D eigenvalue weighted by molar-refractivity contribution is 5.97. The van der Waals surface area contributed by atoms with Crippen molar-refractivity contribution in [2.24, 2.45) is 0 Å². The molecule has 0 atom stereocenters. The van der Waals surface area contributed by atoms with Crippen molar-refractivity contribution in [2.45, 2.75) is 19.9 Å². The topological polar surface area (TPSA) is 58.6 Å². The Hall–Kier alpha value is -3.67. The largest absolute Gasteiger partial charge is 0.483 e. The smallest absolute Gasteiger partial charge is 0.262 e. The van der Waals surface area contributed by atoms with Gasteiger partial charge in [-0.1, -0.05) is 35.9 Å². The number of aryl methyl sites for hydroxylation is 1. The van der Waals surface area contributed by atoms with Crippen LogP contribution in [0, 0.1) is 12.7 Å². The lowest BCUT2D eigenvalue weighted by Gasteiger charge is -2.29. The van der Waals surface area contributed by atoms with Gasteiger partial charge in [-0.15, -0.1) is 0 Å². The third-order valence-electron chi connectivity index (χ3n) is 5.26. The molecule has 158 valence electrons. The van der Waals surface area contributed by atoms with Crippen molar-refractivity contribution < 1.29 is 18.7 Å². The second-order valence-electron chi connectivity index (χ2n) is 7.59. The van der Waals surface area contributed by atoms with Crippen molar-refractivity contribution in [2.75, 3.05) is 18.5 Å². The van der Waals surface area contributed by atoms with Gasteiger partial charge in [0.15, 0.2) is 6.61 Å². The number of amides is 2. The van der Waals surface area contributed by atoms with Crippen LogP contribution in [-0.2, 0) is 17.8 Å². The number of hydrogen-bond donors (Lipinski definition) is 1. The third kappa shape index (κ3) is 4.91. The molecule has 2 amide bonds. The maximum Gasteiger partial charge on any atom is 0.262 e. The predicted molar refractivity (Wildman–Crippen MR) is 117 cm³/mol. The van der Waals surface area contributed by atoms with Gasteiger partial charge in [0.1, 0.15) is 11.6 Å². The van der Waals surface area contributed by atoms with E-state index in [4.69, 9.17) is 4.74 Å². The Kier molecular flexibility index (Phi) is 5.98. The van der Waals surface area contributed by atoms with E-state index in [0.29, 0.717) is 36.5 Å². The van der Waals surface area contributed by atoms with Crippen molar-refractivity contribution in [3.05, 3.63) is 94.8 Å². The van der Waals surface area contributed by atoms with Gasteiger partial charge >= 0.3 is 0 Å². The van der Waals surface area contributed by atoms with Crippen LogP contribution in [0.1, 0.15) is 27.0 Å². The normalized spacial score (nSPS) is 13.0.